The highest BCUT2D eigenvalue weighted by atomic mass is 16.5. The maximum Gasteiger partial charge on any atom is 0.223 e. The summed E-state index contributed by atoms with van der Waals surface area (Å²) in [5.41, 5.74) is 4.58. The molecule has 5 heteroatoms. The Kier molecular flexibility index (Phi) is 6.36. The van der Waals surface area contributed by atoms with E-state index in [2.05, 4.69) is 60.1 Å². The molecule has 3 aromatic rings. The molecule has 0 aliphatic heterocycles. The van der Waals surface area contributed by atoms with Crippen LogP contribution in [0.2, 0.25) is 0 Å². The topological polar surface area (TPSA) is 56.1 Å². The van der Waals surface area contributed by atoms with Crippen molar-refractivity contribution in [2.75, 3.05) is 13.2 Å². The molecule has 0 bridgehead atoms. The number of nitrogens with one attached hydrogen (secondary N) is 1. The Bertz CT molecular complexity index is 1020. The van der Waals surface area contributed by atoms with E-state index in [1.807, 2.05) is 6.07 Å². The third-order valence-electron chi connectivity index (χ3n) is 5.69. The second-order valence-electron chi connectivity index (χ2n) is 8.31. The van der Waals surface area contributed by atoms with Gasteiger partial charge in [0.05, 0.1) is 17.6 Å². The second kappa shape index (κ2) is 9.33. The van der Waals surface area contributed by atoms with Gasteiger partial charge in [0.25, 0.3) is 0 Å². The predicted molar refractivity (Wildman–Crippen MR) is 120 cm³/mol. The first-order valence-corrected chi connectivity index (χ1v) is 11.0. The molecule has 1 fully saturated rings. The van der Waals surface area contributed by atoms with Crippen LogP contribution in [-0.4, -0.2) is 28.6 Å². The summed E-state index contributed by atoms with van der Waals surface area (Å²) >= 11 is 0. The Morgan fingerprint density at radius 1 is 1.17 bits per heavy atom. The summed E-state index contributed by atoms with van der Waals surface area (Å²) in [7, 11) is 0. The van der Waals surface area contributed by atoms with Gasteiger partial charge in [-0.15, -0.1) is 0 Å². The zero-order chi connectivity index (χ0) is 20.9. The van der Waals surface area contributed by atoms with Crippen LogP contribution in [0.25, 0.3) is 11.0 Å². The van der Waals surface area contributed by atoms with Crippen molar-refractivity contribution in [3.8, 4) is 5.75 Å². The summed E-state index contributed by atoms with van der Waals surface area (Å²) in [5, 5.41) is 3.05. The lowest BCUT2D eigenvalue weighted by molar-refractivity contribution is -0.122. The third kappa shape index (κ3) is 5.02. The van der Waals surface area contributed by atoms with Crippen LogP contribution in [0.15, 0.2) is 42.5 Å². The number of fused-ring (bicyclic) bond motifs is 1. The number of aromatic nitrogens is 2. The maximum atomic E-state index is 11.8. The van der Waals surface area contributed by atoms with E-state index in [-0.39, 0.29) is 11.8 Å². The lowest BCUT2D eigenvalue weighted by Crippen LogP contribution is -2.26. The summed E-state index contributed by atoms with van der Waals surface area (Å²) in [5.74, 6) is 2.54. The molecule has 1 heterocycles. The summed E-state index contributed by atoms with van der Waals surface area (Å²) in [6, 6.07) is 14.6. The molecule has 5 nitrogen and oxygen atoms in total. The van der Waals surface area contributed by atoms with Gasteiger partial charge in [-0.2, -0.15) is 0 Å². The van der Waals surface area contributed by atoms with Crippen LogP contribution in [0.5, 0.6) is 5.75 Å². The number of imidazole rings is 1. The van der Waals surface area contributed by atoms with Crippen molar-refractivity contribution in [3.05, 3.63) is 59.4 Å². The normalized spacial score (nSPS) is 13.5. The predicted octanol–water partition coefficient (Wildman–Crippen LogP) is 4.58. The molecule has 0 atom stereocenters. The lowest BCUT2D eigenvalue weighted by atomic mass is 10.1. The first-order valence-electron chi connectivity index (χ1n) is 11.0. The van der Waals surface area contributed by atoms with Crippen molar-refractivity contribution < 1.29 is 9.53 Å². The van der Waals surface area contributed by atoms with E-state index in [9.17, 15) is 4.79 Å². The van der Waals surface area contributed by atoms with E-state index >= 15 is 0 Å². The highest BCUT2D eigenvalue weighted by Gasteiger charge is 2.29. The summed E-state index contributed by atoms with van der Waals surface area (Å²) in [4.78, 5) is 16.7. The summed E-state index contributed by atoms with van der Waals surface area (Å²) in [6.07, 6.45) is 4.77. The Morgan fingerprint density at radius 2 is 2.00 bits per heavy atom. The standard InChI is InChI=1S/C25H31N3O2/c1-18-10-11-19(2)23(17-18)30-16-6-15-28-22-8-4-3-7-21(22)27-24(28)9-5-14-26-25(29)20-12-13-20/h3-4,7-8,10-11,17,20H,5-6,9,12-16H2,1-2H3,(H,26,29). The Hall–Kier alpha value is -2.82. The zero-order valence-corrected chi connectivity index (χ0v) is 18.0. The van der Waals surface area contributed by atoms with Crippen molar-refractivity contribution in [1.82, 2.24) is 14.9 Å². The molecular weight excluding hydrogens is 374 g/mol. The quantitative estimate of drug-likeness (QED) is 0.502. The van der Waals surface area contributed by atoms with Crippen LogP contribution in [0.4, 0.5) is 0 Å². The molecule has 1 amide bonds. The van der Waals surface area contributed by atoms with Crippen LogP contribution in [-0.2, 0) is 17.8 Å². The van der Waals surface area contributed by atoms with Gasteiger partial charge in [0.1, 0.15) is 11.6 Å². The van der Waals surface area contributed by atoms with Crippen molar-refractivity contribution in [2.24, 2.45) is 5.92 Å². The van der Waals surface area contributed by atoms with Crippen LogP contribution in [0.3, 0.4) is 0 Å². The third-order valence-corrected chi connectivity index (χ3v) is 5.69. The summed E-state index contributed by atoms with van der Waals surface area (Å²) in [6.45, 7) is 6.43. The number of nitrogens with zero attached hydrogens (tertiary/aromatic N) is 2. The molecule has 1 aromatic heterocycles. The van der Waals surface area contributed by atoms with E-state index < -0.39 is 0 Å². The molecule has 30 heavy (non-hydrogen) atoms. The minimum atomic E-state index is 0.215. The molecule has 0 spiro atoms. The molecular formula is C25H31N3O2. The number of amides is 1. The number of benzene rings is 2. The van der Waals surface area contributed by atoms with Gasteiger partial charge in [-0.3, -0.25) is 4.79 Å². The van der Waals surface area contributed by atoms with Crippen molar-refractivity contribution >= 4 is 16.9 Å². The van der Waals surface area contributed by atoms with Gasteiger partial charge in [-0.25, -0.2) is 4.98 Å². The minimum Gasteiger partial charge on any atom is -0.493 e. The highest BCUT2D eigenvalue weighted by molar-refractivity contribution is 5.80. The van der Waals surface area contributed by atoms with Gasteiger partial charge < -0.3 is 14.6 Å². The zero-order valence-electron chi connectivity index (χ0n) is 18.0. The Morgan fingerprint density at radius 3 is 2.83 bits per heavy atom. The maximum absolute atomic E-state index is 11.8. The van der Waals surface area contributed by atoms with Gasteiger partial charge in [-0.1, -0.05) is 24.3 Å². The Balaban J connectivity index is 1.34. The van der Waals surface area contributed by atoms with Crippen LogP contribution >= 0.6 is 0 Å². The number of rotatable bonds is 10. The number of para-hydroxylation sites is 2. The fraction of sp³-hybridized carbons (Fsp3) is 0.440. The van der Waals surface area contributed by atoms with E-state index in [0.29, 0.717) is 13.2 Å². The molecule has 1 N–H and O–H groups in total. The van der Waals surface area contributed by atoms with Crippen LogP contribution in [0, 0.1) is 19.8 Å². The highest BCUT2D eigenvalue weighted by Crippen LogP contribution is 2.28. The Labute approximate surface area is 178 Å². The van der Waals surface area contributed by atoms with Gasteiger partial charge in [0.2, 0.25) is 5.91 Å². The number of hydrogen-bond acceptors (Lipinski definition) is 3. The smallest absolute Gasteiger partial charge is 0.223 e. The fourth-order valence-corrected chi connectivity index (χ4v) is 3.78. The molecule has 0 unspecified atom stereocenters. The van der Waals surface area contributed by atoms with Crippen molar-refractivity contribution in [3.63, 3.8) is 0 Å². The molecule has 0 saturated heterocycles. The first-order chi connectivity index (χ1) is 14.6. The average Bonchev–Trinajstić information content (AvgIpc) is 3.54. The van der Waals surface area contributed by atoms with E-state index in [4.69, 9.17) is 9.72 Å². The number of hydrogen-bond donors (Lipinski definition) is 1. The van der Waals surface area contributed by atoms with E-state index in [1.165, 1.54) is 16.6 Å². The van der Waals surface area contributed by atoms with Gasteiger partial charge in [-0.05, 0) is 68.9 Å². The largest absolute Gasteiger partial charge is 0.493 e. The fourth-order valence-electron chi connectivity index (χ4n) is 3.78. The van der Waals surface area contributed by atoms with Gasteiger partial charge in [0.15, 0.2) is 0 Å². The van der Waals surface area contributed by atoms with Crippen molar-refractivity contribution in [1.29, 1.82) is 0 Å². The van der Waals surface area contributed by atoms with Crippen LogP contribution in [0.1, 0.15) is 42.6 Å². The first kappa shape index (κ1) is 20.5. The number of aryl methyl sites for hydroxylation is 4. The van der Waals surface area contributed by atoms with Crippen LogP contribution < -0.4 is 10.1 Å². The molecule has 1 saturated carbocycles. The molecule has 1 aliphatic rings. The number of ether oxygens (including phenoxy) is 1. The molecule has 1 aliphatic carbocycles. The second-order valence-corrected chi connectivity index (χ2v) is 8.31. The SMILES string of the molecule is Cc1ccc(C)c(OCCCn2c(CCCNC(=O)C3CC3)nc3ccccc32)c1. The molecule has 0 radical (unpaired) electrons. The molecule has 158 valence electrons. The van der Waals surface area contributed by atoms with Gasteiger partial charge in [0, 0.05) is 25.4 Å². The molecule has 4 rings (SSSR count). The monoisotopic (exact) mass is 405 g/mol. The number of carbonyl (C=O) groups is 1. The number of carbonyl (C=O) groups excluding carboxylic acids is 1. The molecule has 2 aromatic carbocycles. The van der Waals surface area contributed by atoms with Gasteiger partial charge >= 0.3 is 0 Å². The summed E-state index contributed by atoms with van der Waals surface area (Å²) < 4.78 is 8.35. The van der Waals surface area contributed by atoms with E-state index in [0.717, 1.165) is 55.7 Å². The lowest BCUT2D eigenvalue weighted by Gasteiger charge is -2.12. The average molecular weight is 406 g/mol. The minimum absolute atomic E-state index is 0.215. The van der Waals surface area contributed by atoms with Crippen molar-refractivity contribution in [2.45, 2.75) is 52.5 Å². The van der Waals surface area contributed by atoms with E-state index in [1.54, 1.807) is 0 Å².